The van der Waals surface area contributed by atoms with Crippen LogP contribution < -0.4 is 24.8 Å². The summed E-state index contributed by atoms with van der Waals surface area (Å²) in [4.78, 5) is 24.6. The number of fused-ring (bicyclic) bond motifs is 1. The standard InChI is InChI=1S/C21H24N2O5/c1-21(2)20(25)23-19-14(6-5-7-16(19)28-21)22-18(24)11-9-13-8-10-15(26-3)17(12-13)27-4/h5-8,10,12H,9,11H2,1-4H3,(H,22,24)(H,23,25). The molecule has 1 heterocycles. The molecule has 28 heavy (non-hydrogen) atoms. The maximum Gasteiger partial charge on any atom is 0.268 e. The topological polar surface area (TPSA) is 85.9 Å². The van der Waals surface area contributed by atoms with Crippen molar-refractivity contribution in [3.63, 3.8) is 0 Å². The molecule has 1 aliphatic heterocycles. The van der Waals surface area contributed by atoms with Crippen molar-refractivity contribution in [3.8, 4) is 17.2 Å². The summed E-state index contributed by atoms with van der Waals surface area (Å²) in [5, 5.41) is 5.67. The first-order valence-corrected chi connectivity index (χ1v) is 8.98. The van der Waals surface area contributed by atoms with Crippen molar-refractivity contribution >= 4 is 23.2 Å². The van der Waals surface area contributed by atoms with E-state index in [1.165, 1.54) is 0 Å². The van der Waals surface area contributed by atoms with Gasteiger partial charge in [-0.1, -0.05) is 12.1 Å². The molecule has 0 radical (unpaired) electrons. The van der Waals surface area contributed by atoms with Crippen LogP contribution >= 0.6 is 0 Å². The SMILES string of the molecule is COc1ccc(CCC(=O)Nc2cccc3c2NC(=O)C(C)(C)O3)cc1OC. The fraction of sp³-hybridized carbons (Fsp3) is 0.333. The summed E-state index contributed by atoms with van der Waals surface area (Å²) in [6.07, 6.45) is 0.816. The molecule has 2 amide bonds. The van der Waals surface area contributed by atoms with Crippen LogP contribution in [0.3, 0.4) is 0 Å². The Balaban J connectivity index is 1.67. The highest BCUT2D eigenvalue weighted by molar-refractivity contribution is 6.05. The van der Waals surface area contributed by atoms with E-state index in [4.69, 9.17) is 14.2 Å². The summed E-state index contributed by atoms with van der Waals surface area (Å²) in [6.45, 7) is 3.39. The van der Waals surface area contributed by atoms with Crippen LogP contribution in [0, 0.1) is 0 Å². The molecule has 3 rings (SSSR count). The van der Waals surface area contributed by atoms with E-state index < -0.39 is 5.60 Å². The Morgan fingerprint density at radius 1 is 1.14 bits per heavy atom. The van der Waals surface area contributed by atoms with Gasteiger partial charge in [-0.25, -0.2) is 0 Å². The Morgan fingerprint density at radius 2 is 1.89 bits per heavy atom. The van der Waals surface area contributed by atoms with Crippen molar-refractivity contribution in [1.29, 1.82) is 0 Å². The molecule has 7 heteroatoms. The zero-order chi connectivity index (χ0) is 20.3. The molecule has 2 aromatic rings. The van der Waals surface area contributed by atoms with Gasteiger partial charge in [0.15, 0.2) is 17.1 Å². The van der Waals surface area contributed by atoms with E-state index in [-0.39, 0.29) is 18.2 Å². The summed E-state index contributed by atoms with van der Waals surface area (Å²) in [7, 11) is 3.15. The number of carbonyl (C=O) groups excluding carboxylic acids is 2. The molecule has 0 fully saturated rings. The van der Waals surface area contributed by atoms with Crippen molar-refractivity contribution in [2.24, 2.45) is 0 Å². The first kappa shape index (κ1) is 19.5. The highest BCUT2D eigenvalue weighted by atomic mass is 16.5. The number of para-hydroxylation sites is 1. The maximum atomic E-state index is 12.4. The second kappa shape index (κ2) is 7.80. The van der Waals surface area contributed by atoms with Gasteiger partial charge in [-0.2, -0.15) is 0 Å². The van der Waals surface area contributed by atoms with Crippen molar-refractivity contribution in [1.82, 2.24) is 0 Å². The zero-order valence-corrected chi connectivity index (χ0v) is 16.4. The molecular weight excluding hydrogens is 360 g/mol. The number of methoxy groups -OCH3 is 2. The Kier molecular flexibility index (Phi) is 5.44. The molecule has 0 atom stereocenters. The van der Waals surface area contributed by atoms with E-state index in [0.29, 0.717) is 35.0 Å². The molecule has 0 spiro atoms. The van der Waals surface area contributed by atoms with Crippen LogP contribution in [0.4, 0.5) is 11.4 Å². The third-order valence-electron chi connectivity index (χ3n) is 4.54. The van der Waals surface area contributed by atoms with E-state index in [1.807, 2.05) is 18.2 Å². The Hall–Kier alpha value is -3.22. The van der Waals surface area contributed by atoms with Crippen molar-refractivity contribution in [2.75, 3.05) is 24.9 Å². The molecule has 0 aliphatic carbocycles. The molecular formula is C21H24N2O5. The molecule has 0 saturated heterocycles. The number of ether oxygens (including phenoxy) is 3. The Morgan fingerprint density at radius 3 is 2.61 bits per heavy atom. The lowest BCUT2D eigenvalue weighted by Gasteiger charge is -2.32. The lowest BCUT2D eigenvalue weighted by atomic mass is 10.1. The van der Waals surface area contributed by atoms with Gasteiger partial charge in [0, 0.05) is 6.42 Å². The maximum absolute atomic E-state index is 12.4. The fourth-order valence-corrected chi connectivity index (χ4v) is 2.94. The number of carbonyl (C=O) groups is 2. The average Bonchev–Trinajstić information content (AvgIpc) is 2.67. The predicted octanol–water partition coefficient (Wildman–Crippen LogP) is 3.38. The van der Waals surface area contributed by atoms with E-state index in [2.05, 4.69) is 10.6 Å². The monoisotopic (exact) mass is 384 g/mol. The first-order valence-electron chi connectivity index (χ1n) is 8.98. The minimum Gasteiger partial charge on any atom is -0.493 e. The Labute approximate surface area is 164 Å². The quantitative estimate of drug-likeness (QED) is 0.797. The highest BCUT2D eigenvalue weighted by Gasteiger charge is 2.36. The number of rotatable bonds is 6. The molecule has 2 aromatic carbocycles. The molecule has 0 saturated carbocycles. The van der Waals surface area contributed by atoms with Crippen LogP contribution in [-0.4, -0.2) is 31.6 Å². The van der Waals surface area contributed by atoms with Crippen molar-refractivity contribution in [2.45, 2.75) is 32.3 Å². The van der Waals surface area contributed by atoms with Crippen LogP contribution in [0.5, 0.6) is 17.2 Å². The molecule has 1 aliphatic rings. The number of hydrogen-bond donors (Lipinski definition) is 2. The smallest absolute Gasteiger partial charge is 0.268 e. The minimum atomic E-state index is -0.955. The second-order valence-corrected chi connectivity index (χ2v) is 6.98. The van der Waals surface area contributed by atoms with Gasteiger partial charge in [0.2, 0.25) is 5.91 Å². The third-order valence-corrected chi connectivity index (χ3v) is 4.54. The largest absolute Gasteiger partial charge is 0.493 e. The summed E-state index contributed by atoms with van der Waals surface area (Å²) in [5.74, 6) is 1.38. The lowest BCUT2D eigenvalue weighted by Crippen LogP contribution is -2.45. The number of anilines is 2. The number of amides is 2. The Bertz CT molecular complexity index is 908. The van der Waals surface area contributed by atoms with E-state index >= 15 is 0 Å². The van der Waals surface area contributed by atoms with Gasteiger partial charge < -0.3 is 24.8 Å². The van der Waals surface area contributed by atoms with Crippen molar-refractivity contribution < 1.29 is 23.8 Å². The van der Waals surface area contributed by atoms with Gasteiger partial charge >= 0.3 is 0 Å². The normalized spacial score (nSPS) is 14.4. The number of benzene rings is 2. The number of hydrogen-bond acceptors (Lipinski definition) is 5. The van der Waals surface area contributed by atoms with Crippen LogP contribution in [0.25, 0.3) is 0 Å². The summed E-state index contributed by atoms with van der Waals surface area (Å²) in [6, 6.07) is 10.8. The van der Waals surface area contributed by atoms with Crippen LogP contribution in [0.2, 0.25) is 0 Å². The molecule has 2 N–H and O–H groups in total. The number of aryl methyl sites for hydroxylation is 1. The summed E-state index contributed by atoms with van der Waals surface area (Å²) < 4.78 is 16.3. The van der Waals surface area contributed by atoms with Crippen LogP contribution in [-0.2, 0) is 16.0 Å². The van der Waals surface area contributed by atoms with Gasteiger partial charge in [-0.3, -0.25) is 9.59 Å². The van der Waals surface area contributed by atoms with Gasteiger partial charge in [-0.05, 0) is 50.1 Å². The third kappa shape index (κ3) is 4.03. The van der Waals surface area contributed by atoms with Crippen LogP contribution in [0.15, 0.2) is 36.4 Å². The lowest BCUT2D eigenvalue weighted by molar-refractivity contribution is -0.129. The van der Waals surface area contributed by atoms with Gasteiger partial charge in [-0.15, -0.1) is 0 Å². The first-order chi connectivity index (χ1) is 13.3. The summed E-state index contributed by atoms with van der Waals surface area (Å²) in [5.41, 5.74) is 0.995. The average molecular weight is 384 g/mol. The molecule has 0 bridgehead atoms. The fourth-order valence-electron chi connectivity index (χ4n) is 2.94. The molecule has 0 unspecified atom stereocenters. The van der Waals surface area contributed by atoms with Crippen molar-refractivity contribution in [3.05, 3.63) is 42.0 Å². The molecule has 148 valence electrons. The van der Waals surface area contributed by atoms with Crippen LogP contribution in [0.1, 0.15) is 25.8 Å². The van der Waals surface area contributed by atoms with Gasteiger partial charge in [0.05, 0.1) is 19.9 Å². The van der Waals surface area contributed by atoms with Gasteiger partial charge in [0.25, 0.3) is 5.91 Å². The van der Waals surface area contributed by atoms with Gasteiger partial charge in [0.1, 0.15) is 11.4 Å². The van der Waals surface area contributed by atoms with E-state index in [1.54, 1.807) is 46.3 Å². The summed E-state index contributed by atoms with van der Waals surface area (Å²) >= 11 is 0. The molecule has 7 nitrogen and oxygen atoms in total. The highest BCUT2D eigenvalue weighted by Crippen LogP contribution is 2.39. The number of nitrogens with one attached hydrogen (secondary N) is 2. The molecule has 0 aromatic heterocycles. The second-order valence-electron chi connectivity index (χ2n) is 6.98. The minimum absolute atomic E-state index is 0.165. The zero-order valence-electron chi connectivity index (χ0n) is 16.4. The predicted molar refractivity (Wildman–Crippen MR) is 106 cm³/mol. The van der Waals surface area contributed by atoms with E-state index in [9.17, 15) is 9.59 Å². The van der Waals surface area contributed by atoms with E-state index in [0.717, 1.165) is 5.56 Å².